The summed E-state index contributed by atoms with van der Waals surface area (Å²) in [6, 6.07) is 2.33. The zero-order chi connectivity index (χ0) is 15.6. The van der Waals surface area contributed by atoms with Gasteiger partial charge < -0.3 is 4.90 Å². The van der Waals surface area contributed by atoms with Crippen molar-refractivity contribution in [3.05, 3.63) is 34.1 Å². The lowest BCUT2D eigenvalue weighted by Gasteiger charge is -2.29. The lowest BCUT2D eigenvalue weighted by atomic mass is 10.1. The van der Waals surface area contributed by atoms with Crippen molar-refractivity contribution in [2.24, 2.45) is 0 Å². The molecule has 0 spiro atoms. The Bertz CT molecular complexity index is 650. The maximum Gasteiger partial charge on any atom is 0.304 e. The van der Waals surface area contributed by atoms with Crippen molar-refractivity contribution in [3.63, 3.8) is 0 Å². The number of nitro groups is 1. The molecule has 1 fully saturated rings. The summed E-state index contributed by atoms with van der Waals surface area (Å²) in [5.41, 5.74) is -0.744. The van der Waals surface area contributed by atoms with Gasteiger partial charge in [0, 0.05) is 24.7 Å². The highest BCUT2D eigenvalue weighted by Gasteiger charge is 2.25. The van der Waals surface area contributed by atoms with E-state index < -0.39 is 26.5 Å². The molecule has 116 valence electrons. The fourth-order valence-electron chi connectivity index (χ4n) is 2.35. The highest BCUT2D eigenvalue weighted by atomic mass is 32.2. The third kappa shape index (κ3) is 3.74. The molecular weight excluding hydrogens is 301 g/mol. The lowest BCUT2D eigenvalue weighted by Crippen LogP contribution is -2.46. The minimum atomic E-state index is -3.89. The SMILES string of the molecule is CN1CCCC(NS(=O)(=O)c2ccc([N+](=O)[O-])c(F)c2)C1. The molecule has 1 atom stereocenters. The van der Waals surface area contributed by atoms with Crippen molar-refractivity contribution in [1.29, 1.82) is 0 Å². The van der Waals surface area contributed by atoms with Crippen molar-refractivity contribution in [1.82, 2.24) is 9.62 Å². The molecule has 1 heterocycles. The average molecular weight is 317 g/mol. The summed E-state index contributed by atoms with van der Waals surface area (Å²) in [7, 11) is -1.99. The van der Waals surface area contributed by atoms with E-state index in [2.05, 4.69) is 4.72 Å². The number of sulfonamides is 1. The van der Waals surface area contributed by atoms with Gasteiger partial charge in [-0.1, -0.05) is 0 Å². The number of nitrogens with one attached hydrogen (secondary N) is 1. The number of halogens is 1. The second-order valence-electron chi connectivity index (χ2n) is 5.09. The van der Waals surface area contributed by atoms with E-state index in [1.54, 1.807) is 0 Å². The van der Waals surface area contributed by atoms with Crippen LogP contribution in [0.5, 0.6) is 0 Å². The van der Waals surface area contributed by atoms with Gasteiger partial charge in [0.25, 0.3) is 0 Å². The van der Waals surface area contributed by atoms with Gasteiger partial charge in [-0.25, -0.2) is 13.1 Å². The van der Waals surface area contributed by atoms with Crippen LogP contribution >= 0.6 is 0 Å². The minimum absolute atomic E-state index is 0.244. The van der Waals surface area contributed by atoms with Crippen LogP contribution in [0.1, 0.15) is 12.8 Å². The molecule has 0 aliphatic carbocycles. The van der Waals surface area contributed by atoms with Gasteiger partial charge in [0.15, 0.2) is 0 Å². The molecule has 9 heteroatoms. The first kappa shape index (κ1) is 15.8. The van der Waals surface area contributed by atoms with E-state index in [9.17, 15) is 22.9 Å². The molecule has 1 aromatic rings. The fourth-order valence-corrected chi connectivity index (χ4v) is 3.63. The standard InChI is InChI=1S/C12H16FN3O4S/c1-15-6-2-3-9(8-15)14-21(19,20)10-4-5-12(16(17)18)11(13)7-10/h4-5,7,9,14H,2-3,6,8H2,1H3. The first-order valence-electron chi connectivity index (χ1n) is 6.44. The van der Waals surface area contributed by atoms with Gasteiger partial charge >= 0.3 is 5.69 Å². The first-order chi connectivity index (χ1) is 9.79. The molecule has 0 aromatic heterocycles. The Morgan fingerprint density at radius 3 is 2.76 bits per heavy atom. The van der Waals surface area contributed by atoms with Crippen LogP contribution in [0.4, 0.5) is 10.1 Å². The van der Waals surface area contributed by atoms with Crippen molar-refractivity contribution in [2.45, 2.75) is 23.8 Å². The Morgan fingerprint density at radius 1 is 1.48 bits per heavy atom. The molecule has 0 amide bonds. The molecule has 2 rings (SSSR count). The topological polar surface area (TPSA) is 92.6 Å². The van der Waals surface area contributed by atoms with Gasteiger partial charge in [-0.2, -0.15) is 4.39 Å². The molecule has 0 saturated carbocycles. The molecule has 0 radical (unpaired) electrons. The third-order valence-corrected chi connectivity index (χ3v) is 4.89. The molecule has 21 heavy (non-hydrogen) atoms. The van der Waals surface area contributed by atoms with E-state index in [0.717, 1.165) is 25.1 Å². The molecule has 0 bridgehead atoms. The maximum atomic E-state index is 13.5. The van der Waals surface area contributed by atoms with Crippen LogP contribution in [-0.4, -0.2) is 44.4 Å². The van der Waals surface area contributed by atoms with Crippen molar-refractivity contribution in [3.8, 4) is 0 Å². The second kappa shape index (κ2) is 6.04. The first-order valence-corrected chi connectivity index (χ1v) is 7.93. The van der Waals surface area contributed by atoms with Gasteiger partial charge in [0.05, 0.1) is 9.82 Å². The number of piperidine rings is 1. The predicted molar refractivity (Wildman–Crippen MR) is 73.9 cm³/mol. The molecule has 1 aliphatic heterocycles. The van der Waals surface area contributed by atoms with Gasteiger partial charge in [-0.15, -0.1) is 0 Å². The Labute approximate surface area is 122 Å². The molecular formula is C12H16FN3O4S. The Hall–Kier alpha value is -1.58. The number of nitro benzene ring substituents is 1. The summed E-state index contributed by atoms with van der Waals surface area (Å²) in [5.74, 6) is -1.16. The summed E-state index contributed by atoms with van der Waals surface area (Å²) in [6.07, 6.45) is 1.58. The largest absolute Gasteiger partial charge is 0.305 e. The molecule has 1 aliphatic rings. The van der Waals surface area contributed by atoms with Gasteiger partial charge in [-0.05, 0) is 32.5 Å². The van der Waals surface area contributed by atoms with Crippen molar-refractivity contribution < 1.29 is 17.7 Å². The number of likely N-dealkylation sites (N-methyl/N-ethyl adjacent to an activating group) is 1. The van der Waals surface area contributed by atoms with Crippen LogP contribution < -0.4 is 4.72 Å². The van der Waals surface area contributed by atoms with Crippen molar-refractivity contribution >= 4 is 15.7 Å². The van der Waals surface area contributed by atoms with Crippen LogP contribution in [-0.2, 0) is 10.0 Å². The van der Waals surface area contributed by atoms with Crippen LogP contribution in [0.25, 0.3) is 0 Å². The number of likely N-dealkylation sites (tertiary alicyclic amines) is 1. The molecule has 1 saturated heterocycles. The van der Waals surface area contributed by atoms with Crippen LogP contribution in [0.15, 0.2) is 23.1 Å². The van der Waals surface area contributed by atoms with Gasteiger partial charge in [0.2, 0.25) is 15.8 Å². The van der Waals surface area contributed by atoms with E-state index in [1.807, 2.05) is 11.9 Å². The lowest BCUT2D eigenvalue weighted by molar-refractivity contribution is -0.387. The summed E-state index contributed by atoms with van der Waals surface area (Å²) in [4.78, 5) is 11.3. The van der Waals surface area contributed by atoms with Gasteiger partial charge in [-0.3, -0.25) is 10.1 Å². The zero-order valence-electron chi connectivity index (χ0n) is 11.5. The molecule has 7 nitrogen and oxygen atoms in total. The Morgan fingerprint density at radius 2 is 2.19 bits per heavy atom. The zero-order valence-corrected chi connectivity index (χ0v) is 12.3. The van der Waals surface area contributed by atoms with E-state index in [-0.39, 0.29) is 10.9 Å². The van der Waals surface area contributed by atoms with Gasteiger partial charge in [0.1, 0.15) is 0 Å². The molecule has 1 aromatic carbocycles. The third-order valence-electron chi connectivity index (χ3n) is 3.37. The summed E-state index contributed by atoms with van der Waals surface area (Å²) >= 11 is 0. The Kier molecular flexibility index (Phi) is 4.55. The smallest absolute Gasteiger partial charge is 0.304 e. The summed E-state index contributed by atoms with van der Waals surface area (Å²) in [5, 5.41) is 10.5. The number of hydrogen-bond acceptors (Lipinski definition) is 5. The highest BCUT2D eigenvalue weighted by molar-refractivity contribution is 7.89. The number of nitrogens with zero attached hydrogens (tertiary/aromatic N) is 2. The summed E-state index contributed by atoms with van der Waals surface area (Å²) in [6.45, 7) is 1.49. The normalized spacial score (nSPS) is 20.4. The van der Waals surface area contributed by atoms with E-state index >= 15 is 0 Å². The molecule has 1 unspecified atom stereocenters. The quantitative estimate of drug-likeness (QED) is 0.663. The average Bonchev–Trinajstić information content (AvgIpc) is 2.37. The monoisotopic (exact) mass is 317 g/mol. The second-order valence-corrected chi connectivity index (χ2v) is 6.81. The fraction of sp³-hybridized carbons (Fsp3) is 0.500. The van der Waals surface area contributed by atoms with Crippen molar-refractivity contribution in [2.75, 3.05) is 20.1 Å². The van der Waals surface area contributed by atoms with Crippen LogP contribution in [0.2, 0.25) is 0 Å². The minimum Gasteiger partial charge on any atom is -0.305 e. The molecule has 1 N–H and O–H groups in total. The summed E-state index contributed by atoms with van der Waals surface area (Å²) < 4.78 is 40.4. The highest BCUT2D eigenvalue weighted by Crippen LogP contribution is 2.21. The van der Waals surface area contributed by atoms with Crippen LogP contribution in [0.3, 0.4) is 0 Å². The number of benzene rings is 1. The Balaban J connectivity index is 2.19. The number of rotatable bonds is 4. The van der Waals surface area contributed by atoms with Crippen LogP contribution in [0, 0.1) is 15.9 Å². The maximum absolute atomic E-state index is 13.5. The number of hydrogen-bond donors (Lipinski definition) is 1. The van der Waals surface area contributed by atoms with E-state index in [0.29, 0.717) is 19.0 Å². The van der Waals surface area contributed by atoms with E-state index in [4.69, 9.17) is 0 Å². The predicted octanol–water partition coefficient (Wildman–Crippen LogP) is 1.11. The van der Waals surface area contributed by atoms with E-state index in [1.165, 1.54) is 0 Å².